The second kappa shape index (κ2) is 5.15. The molecule has 0 aliphatic heterocycles. The van der Waals surface area contributed by atoms with Crippen LogP contribution in [0.2, 0.25) is 0 Å². The first-order valence-corrected chi connectivity index (χ1v) is 4.72. The highest BCUT2D eigenvalue weighted by atomic mass is 16.5. The Bertz CT molecular complexity index is 434. The Morgan fingerprint density at radius 3 is 2.62 bits per heavy atom. The van der Waals surface area contributed by atoms with Gasteiger partial charge in [-0.25, -0.2) is 4.79 Å². The zero-order chi connectivity index (χ0) is 12.1. The molecule has 0 saturated carbocycles. The average Bonchev–Trinajstić information content (AvgIpc) is 2.71. The number of rotatable bonds is 4. The van der Waals surface area contributed by atoms with Crippen LogP contribution in [0.3, 0.4) is 0 Å². The number of nitrogens with one attached hydrogen (secondary N) is 2. The molecule has 0 unspecified atom stereocenters. The number of esters is 1. The monoisotopic (exact) mass is 227 g/mol. The van der Waals surface area contributed by atoms with E-state index in [0.717, 1.165) is 0 Å². The first-order valence-electron chi connectivity index (χ1n) is 4.72. The lowest BCUT2D eigenvalue weighted by Crippen LogP contribution is -2.36. The van der Waals surface area contributed by atoms with Gasteiger partial charge < -0.3 is 19.6 Å². The smallest absolute Gasteiger partial charge is 0.325 e. The summed E-state index contributed by atoms with van der Waals surface area (Å²) in [7, 11) is 1.25. The van der Waals surface area contributed by atoms with Crippen LogP contribution in [-0.4, -0.2) is 46.9 Å². The van der Waals surface area contributed by atoms with Crippen LogP contribution >= 0.6 is 0 Å². The van der Waals surface area contributed by atoms with E-state index in [1.807, 2.05) is 0 Å². The molecule has 1 heterocycles. The summed E-state index contributed by atoms with van der Waals surface area (Å²) in [5.41, 5.74) is -0.340. The van der Waals surface area contributed by atoms with E-state index in [1.54, 1.807) is 6.92 Å². The molecule has 0 aliphatic carbocycles. The Balaban J connectivity index is 2.77. The number of amides is 1. The number of imidazole rings is 1. The van der Waals surface area contributed by atoms with Crippen LogP contribution in [0.1, 0.15) is 17.4 Å². The van der Waals surface area contributed by atoms with Crippen molar-refractivity contribution >= 4 is 11.9 Å². The predicted octanol–water partition coefficient (Wildman–Crippen LogP) is -0.662. The Labute approximate surface area is 91.4 Å². The second-order valence-corrected chi connectivity index (χ2v) is 3.05. The maximum absolute atomic E-state index is 11.8. The van der Waals surface area contributed by atoms with Gasteiger partial charge in [-0.15, -0.1) is 0 Å². The summed E-state index contributed by atoms with van der Waals surface area (Å²) in [6.07, 6.45) is 1.27. The number of carbonyl (C=O) groups is 2. The van der Waals surface area contributed by atoms with Gasteiger partial charge in [0.2, 0.25) is 0 Å². The summed E-state index contributed by atoms with van der Waals surface area (Å²) in [5, 5.41) is 0. The standard InChI is InChI=1S/C9H13N3O4/c1-3-12(5-7(13)16-2)8(14)6-4-10-9(15)11-6/h4H,3,5H2,1-2H3,(H2,10,11,15). The molecular weight excluding hydrogens is 214 g/mol. The van der Waals surface area contributed by atoms with Crippen molar-refractivity contribution in [2.24, 2.45) is 0 Å². The fraction of sp³-hybridized carbons (Fsp3) is 0.444. The van der Waals surface area contributed by atoms with Crippen LogP contribution in [0.4, 0.5) is 0 Å². The zero-order valence-corrected chi connectivity index (χ0v) is 9.07. The van der Waals surface area contributed by atoms with Crippen molar-refractivity contribution in [3.8, 4) is 0 Å². The van der Waals surface area contributed by atoms with E-state index >= 15 is 0 Å². The van der Waals surface area contributed by atoms with E-state index in [4.69, 9.17) is 0 Å². The number of aromatic amines is 2. The highest BCUT2D eigenvalue weighted by molar-refractivity contribution is 5.94. The first kappa shape index (κ1) is 12.0. The quantitative estimate of drug-likeness (QED) is 0.667. The van der Waals surface area contributed by atoms with Gasteiger partial charge in [0.25, 0.3) is 5.91 Å². The van der Waals surface area contributed by atoms with Crippen molar-refractivity contribution in [2.45, 2.75) is 6.92 Å². The lowest BCUT2D eigenvalue weighted by molar-refractivity contribution is -0.141. The number of H-pyrrole nitrogens is 2. The van der Waals surface area contributed by atoms with Crippen molar-refractivity contribution in [2.75, 3.05) is 20.2 Å². The SMILES string of the molecule is CCN(CC(=O)OC)C(=O)c1c[nH]c(=O)[nH]1. The normalized spacial score (nSPS) is 9.88. The van der Waals surface area contributed by atoms with Crippen LogP contribution in [-0.2, 0) is 9.53 Å². The van der Waals surface area contributed by atoms with E-state index in [0.29, 0.717) is 6.54 Å². The van der Waals surface area contributed by atoms with Crippen molar-refractivity contribution in [3.05, 3.63) is 22.4 Å². The number of likely N-dealkylation sites (N-methyl/N-ethyl adjacent to an activating group) is 1. The van der Waals surface area contributed by atoms with Gasteiger partial charge in [-0.2, -0.15) is 0 Å². The number of nitrogens with zero attached hydrogens (tertiary/aromatic N) is 1. The van der Waals surface area contributed by atoms with Crippen LogP contribution in [0.15, 0.2) is 11.0 Å². The average molecular weight is 227 g/mol. The van der Waals surface area contributed by atoms with Gasteiger partial charge in [0.15, 0.2) is 0 Å². The summed E-state index contributed by atoms with van der Waals surface area (Å²) in [6.45, 7) is 1.94. The molecule has 88 valence electrons. The Morgan fingerprint density at radius 2 is 2.19 bits per heavy atom. The van der Waals surface area contributed by atoms with E-state index in [9.17, 15) is 14.4 Å². The maximum atomic E-state index is 11.8. The van der Waals surface area contributed by atoms with Crippen LogP contribution in [0.25, 0.3) is 0 Å². The number of methoxy groups -OCH3 is 1. The molecule has 1 rings (SSSR count). The molecule has 0 bridgehead atoms. The fourth-order valence-corrected chi connectivity index (χ4v) is 1.17. The minimum Gasteiger partial charge on any atom is -0.468 e. The molecule has 7 heteroatoms. The third kappa shape index (κ3) is 2.72. The van der Waals surface area contributed by atoms with Crippen LogP contribution < -0.4 is 5.69 Å². The first-order chi connectivity index (χ1) is 7.58. The molecule has 1 amide bonds. The third-order valence-corrected chi connectivity index (χ3v) is 2.04. The molecule has 1 aromatic heterocycles. The van der Waals surface area contributed by atoms with Crippen molar-refractivity contribution < 1.29 is 14.3 Å². The van der Waals surface area contributed by atoms with Gasteiger partial charge in [-0.05, 0) is 6.92 Å². The lowest BCUT2D eigenvalue weighted by atomic mass is 10.3. The molecule has 0 spiro atoms. The molecule has 0 atom stereocenters. The Morgan fingerprint density at radius 1 is 1.50 bits per heavy atom. The molecule has 2 N–H and O–H groups in total. The number of hydrogen-bond acceptors (Lipinski definition) is 4. The Kier molecular flexibility index (Phi) is 3.87. The fourth-order valence-electron chi connectivity index (χ4n) is 1.17. The van der Waals surface area contributed by atoms with Gasteiger partial charge in [-0.1, -0.05) is 0 Å². The molecular formula is C9H13N3O4. The van der Waals surface area contributed by atoms with Gasteiger partial charge in [-0.3, -0.25) is 9.59 Å². The van der Waals surface area contributed by atoms with Gasteiger partial charge in [0.1, 0.15) is 12.2 Å². The molecule has 7 nitrogen and oxygen atoms in total. The molecule has 0 saturated heterocycles. The van der Waals surface area contributed by atoms with Gasteiger partial charge >= 0.3 is 11.7 Å². The van der Waals surface area contributed by atoms with Crippen molar-refractivity contribution in [1.82, 2.24) is 14.9 Å². The lowest BCUT2D eigenvalue weighted by Gasteiger charge is -2.18. The second-order valence-electron chi connectivity index (χ2n) is 3.05. The summed E-state index contributed by atoms with van der Waals surface area (Å²) in [6, 6.07) is 0. The summed E-state index contributed by atoms with van der Waals surface area (Å²) >= 11 is 0. The number of ether oxygens (including phenoxy) is 1. The largest absolute Gasteiger partial charge is 0.468 e. The molecule has 1 aromatic rings. The van der Waals surface area contributed by atoms with Gasteiger partial charge in [0, 0.05) is 12.7 Å². The van der Waals surface area contributed by atoms with E-state index in [2.05, 4.69) is 14.7 Å². The topological polar surface area (TPSA) is 95.3 Å². The number of hydrogen-bond donors (Lipinski definition) is 2. The molecule has 0 fully saturated rings. The highest BCUT2D eigenvalue weighted by Gasteiger charge is 2.18. The molecule has 0 aromatic carbocycles. The van der Waals surface area contributed by atoms with E-state index < -0.39 is 17.6 Å². The number of aromatic nitrogens is 2. The van der Waals surface area contributed by atoms with Gasteiger partial charge in [0.05, 0.1) is 7.11 Å². The van der Waals surface area contributed by atoms with E-state index in [-0.39, 0.29) is 12.2 Å². The minimum absolute atomic E-state index is 0.121. The Hall–Kier alpha value is -2.05. The van der Waals surface area contributed by atoms with Crippen molar-refractivity contribution in [3.63, 3.8) is 0 Å². The highest BCUT2D eigenvalue weighted by Crippen LogP contribution is 1.99. The molecule has 16 heavy (non-hydrogen) atoms. The maximum Gasteiger partial charge on any atom is 0.325 e. The minimum atomic E-state index is -0.506. The summed E-state index contributed by atoms with van der Waals surface area (Å²) in [4.78, 5) is 39.5. The third-order valence-electron chi connectivity index (χ3n) is 2.04. The zero-order valence-electron chi connectivity index (χ0n) is 9.07. The molecule has 0 aliphatic rings. The molecule has 0 radical (unpaired) electrons. The predicted molar refractivity (Wildman–Crippen MR) is 55.0 cm³/mol. The van der Waals surface area contributed by atoms with Crippen LogP contribution in [0.5, 0.6) is 0 Å². The van der Waals surface area contributed by atoms with Crippen molar-refractivity contribution in [1.29, 1.82) is 0 Å². The number of carbonyl (C=O) groups excluding carboxylic acids is 2. The van der Waals surface area contributed by atoms with E-state index in [1.165, 1.54) is 18.2 Å². The summed E-state index contributed by atoms with van der Waals surface area (Å²) in [5.74, 6) is -0.931. The summed E-state index contributed by atoms with van der Waals surface area (Å²) < 4.78 is 4.46. The van der Waals surface area contributed by atoms with Crippen LogP contribution in [0, 0.1) is 0 Å².